The van der Waals surface area contributed by atoms with Crippen LogP contribution in [-0.2, 0) is 5.41 Å². The number of amides is 2. The second kappa shape index (κ2) is 4.89. The summed E-state index contributed by atoms with van der Waals surface area (Å²) in [5.41, 5.74) is 4.48. The summed E-state index contributed by atoms with van der Waals surface area (Å²) in [5.74, 6) is 5.68. The SMILES string of the molecule is Cc1nc2cc(C(C)(C)CNC(=O)NN)ccc2o1. The molecule has 2 amide bonds. The van der Waals surface area contributed by atoms with Crippen molar-refractivity contribution in [3.8, 4) is 0 Å². The van der Waals surface area contributed by atoms with Gasteiger partial charge in [-0.25, -0.2) is 15.6 Å². The molecular formula is C13H18N4O2. The van der Waals surface area contributed by atoms with Crippen molar-refractivity contribution >= 4 is 17.1 Å². The van der Waals surface area contributed by atoms with Gasteiger partial charge >= 0.3 is 6.03 Å². The number of nitrogens with zero attached hydrogens (tertiary/aromatic N) is 1. The van der Waals surface area contributed by atoms with Crippen LogP contribution >= 0.6 is 0 Å². The monoisotopic (exact) mass is 262 g/mol. The summed E-state index contributed by atoms with van der Waals surface area (Å²) in [4.78, 5) is 15.4. The Balaban J connectivity index is 2.23. The minimum absolute atomic E-state index is 0.229. The third kappa shape index (κ3) is 2.85. The Bertz CT molecular complexity index is 604. The van der Waals surface area contributed by atoms with Gasteiger partial charge in [0, 0.05) is 18.9 Å². The van der Waals surface area contributed by atoms with E-state index in [0.717, 1.165) is 16.7 Å². The van der Waals surface area contributed by atoms with Gasteiger partial charge in [-0.05, 0) is 17.7 Å². The van der Waals surface area contributed by atoms with E-state index in [0.29, 0.717) is 12.4 Å². The molecule has 0 radical (unpaired) electrons. The van der Waals surface area contributed by atoms with Crippen molar-refractivity contribution in [2.45, 2.75) is 26.2 Å². The van der Waals surface area contributed by atoms with Crippen LogP contribution in [0.4, 0.5) is 4.79 Å². The molecule has 19 heavy (non-hydrogen) atoms. The topological polar surface area (TPSA) is 93.2 Å². The van der Waals surface area contributed by atoms with E-state index < -0.39 is 6.03 Å². The number of hydrazine groups is 1. The highest BCUT2D eigenvalue weighted by Crippen LogP contribution is 2.26. The van der Waals surface area contributed by atoms with Crippen molar-refractivity contribution in [1.29, 1.82) is 0 Å². The highest BCUT2D eigenvalue weighted by molar-refractivity contribution is 5.74. The summed E-state index contributed by atoms with van der Waals surface area (Å²) >= 11 is 0. The first-order chi connectivity index (χ1) is 8.92. The second-order valence-electron chi connectivity index (χ2n) is 5.13. The van der Waals surface area contributed by atoms with Gasteiger partial charge in [-0.1, -0.05) is 19.9 Å². The van der Waals surface area contributed by atoms with Crippen LogP contribution < -0.4 is 16.6 Å². The lowest BCUT2D eigenvalue weighted by atomic mass is 9.84. The van der Waals surface area contributed by atoms with Crippen LogP contribution in [-0.4, -0.2) is 17.6 Å². The Morgan fingerprint density at radius 3 is 2.89 bits per heavy atom. The molecule has 6 heteroatoms. The van der Waals surface area contributed by atoms with Crippen LogP contribution in [0.3, 0.4) is 0 Å². The van der Waals surface area contributed by atoms with Gasteiger partial charge in [-0.3, -0.25) is 5.43 Å². The Morgan fingerprint density at radius 2 is 2.21 bits per heavy atom. The Kier molecular flexibility index (Phi) is 3.44. The number of hydrogen-bond acceptors (Lipinski definition) is 4. The van der Waals surface area contributed by atoms with E-state index in [1.165, 1.54) is 0 Å². The summed E-state index contributed by atoms with van der Waals surface area (Å²) in [6, 6.07) is 5.46. The zero-order valence-electron chi connectivity index (χ0n) is 11.3. The van der Waals surface area contributed by atoms with E-state index >= 15 is 0 Å². The largest absolute Gasteiger partial charge is 0.441 e. The highest BCUT2D eigenvalue weighted by Gasteiger charge is 2.22. The maximum absolute atomic E-state index is 11.1. The summed E-state index contributed by atoms with van der Waals surface area (Å²) in [7, 11) is 0. The average molecular weight is 262 g/mol. The Morgan fingerprint density at radius 1 is 1.47 bits per heavy atom. The summed E-state index contributed by atoms with van der Waals surface area (Å²) in [6.07, 6.45) is 0. The normalized spacial score (nSPS) is 11.6. The standard InChI is InChI=1S/C13H18N4O2/c1-8-16-10-6-9(4-5-11(10)19-8)13(2,3)7-15-12(18)17-14/h4-6H,7,14H2,1-3H3,(H2,15,17,18). The minimum Gasteiger partial charge on any atom is -0.441 e. The lowest BCUT2D eigenvalue weighted by molar-refractivity contribution is 0.238. The maximum Gasteiger partial charge on any atom is 0.328 e. The molecule has 4 N–H and O–H groups in total. The van der Waals surface area contributed by atoms with E-state index in [2.05, 4.69) is 10.3 Å². The molecule has 0 aliphatic heterocycles. The lowest BCUT2D eigenvalue weighted by Gasteiger charge is -2.25. The molecule has 0 unspecified atom stereocenters. The molecule has 2 rings (SSSR count). The van der Waals surface area contributed by atoms with E-state index in [-0.39, 0.29) is 5.41 Å². The molecule has 1 heterocycles. The minimum atomic E-state index is -0.397. The fourth-order valence-corrected chi connectivity index (χ4v) is 1.92. The molecule has 1 aromatic heterocycles. The van der Waals surface area contributed by atoms with E-state index in [9.17, 15) is 4.79 Å². The second-order valence-corrected chi connectivity index (χ2v) is 5.13. The third-order valence-corrected chi connectivity index (χ3v) is 3.10. The molecule has 0 bridgehead atoms. The van der Waals surface area contributed by atoms with Crippen molar-refractivity contribution in [2.24, 2.45) is 5.84 Å². The van der Waals surface area contributed by atoms with Gasteiger partial charge in [0.2, 0.25) is 0 Å². The highest BCUT2D eigenvalue weighted by atomic mass is 16.3. The van der Waals surface area contributed by atoms with Gasteiger partial charge in [-0.2, -0.15) is 0 Å². The average Bonchev–Trinajstić information content (AvgIpc) is 2.74. The summed E-state index contributed by atoms with van der Waals surface area (Å²) < 4.78 is 5.44. The van der Waals surface area contributed by atoms with Crippen molar-refractivity contribution in [3.63, 3.8) is 0 Å². The van der Waals surface area contributed by atoms with Crippen LogP contribution in [0.5, 0.6) is 0 Å². The molecule has 0 aliphatic carbocycles. The number of oxazole rings is 1. The maximum atomic E-state index is 11.1. The van der Waals surface area contributed by atoms with Crippen molar-refractivity contribution in [3.05, 3.63) is 29.7 Å². The molecule has 0 aliphatic rings. The first-order valence-electron chi connectivity index (χ1n) is 6.04. The van der Waals surface area contributed by atoms with Crippen LogP contribution in [0.25, 0.3) is 11.1 Å². The van der Waals surface area contributed by atoms with Crippen molar-refractivity contribution in [1.82, 2.24) is 15.7 Å². The van der Waals surface area contributed by atoms with E-state index in [1.807, 2.05) is 44.4 Å². The van der Waals surface area contributed by atoms with Crippen LogP contribution in [0.2, 0.25) is 0 Å². The van der Waals surface area contributed by atoms with Gasteiger partial charge in [0.05, 0.1) is 0 Å². The summed E-state index contributed by atoms with van der Waals surface area (Å²) in [6.45, 7) is 6.37. The molecule has 0 saturated carbocycles. The van der Waals surface area contributed by atoms with Crippen LogP contribution in [0.15, 0.2) is 22.6 Å². The number of urea groups is 1. The van der Waals surface area contributed by atoms with Gasteiger partial charge in [0.1, 0.15) is 5.52 Å². The predicted octanol–water partition coefficient (Wildman–Crippen LogP) is 1.59. The molecular weight excluding hydrogens is 244 g/mol. The Hall–Kier alpha value is -2.08. The van der Waals surface area contributed by atoms with E-state index in [1.54, 1.807) is 0 Å². The predicted molar refractivity (Wildman–Crippen MR) is 72.5 cm³/mol. The zero-order valence-corrected chi connectivity index (χ0v) is 11.3. The number of fused-ring (bicyclic) bond motifs is 1. The third-order valence-electron chi connectivity index (χ3n) is 3.10. The van der Waals surface area contributed by atoms with Crippen molar-refractivity contribution in [2.75, 3.05) is 6.54 Å². The number of benzene rings is 1. The van der Waals surface area contributed by atoms with Crippen LogP contribution in [0, 0.1) is 6.92 Å². The number of hydrogen-bond donors (Lipinski definition) is 3. The fraction of sp³-hybridized carbons (Fsp3) is 0.385. The Labute approximate surface area is 111 Å². The zero-order chi connectivity index (χ0) is 14.0. The number of nitrogens with one attached hydrogen (secondary N) is 2. The van der Waals surface area contributed by atoms with Gasteiger partial charge in [-0.15, -0.1) is 0 Å². The van der Waals surface area contributed by atoms with Gasteiger partial charge in [0.25, 0.3) is 0 Å². The fourth-order valence-electron chi connectivity index (χ4n) is 1.92. The number of aryl methyl sites for hydroxylation is 1. The van der Waals surface area contributed by atoms with E-state index in [4.69, 9.17) is 10.3 Å². The molecule has 0 atom stereocenters. The number of carbonyl (C=O) groups excluding carboxylic acids is 1. The van der Waals surface area contributed by atoms with Crippen LogP contribution in [0.1, 0.15) is 25.3 Å². The first-order valence-corrected chi connectivity index (χ1v) is 6.04. The number of aromatic nitrogens is 1. The number of rotatable bonds is 3. The molecule has 0 spiro atoms. The summed E-state index contributed by atoms with van der Waals surface area (Å²) in [5, 5.41) is 2.71. The molecule has 0 fully saturated rings. The molecule has 2 aromatic rings. The number of nitrogens with two attached hydrogens (primary N) is 1. The van der Waals surface area contributed by atoms with Crippen molar-refractivity contribution < 1.29 is 9.21 Å². The van der Waals surface area contributed by atoms with Gasteiger partial charge < -0.3 is 9.73 Å². The smallest absolute Gasteiger partial charge is 0.328 e. The first kappa shape index (κ1) is 13.4. The lowest BCUT2D eigenvalue weighted by Crippen LogP contribution is -2.44. The molecule has 1 aromatic carbocycles. The number of carbonyl (C=O) groups is 1. The quantitative estimate of drug-likeness (QED) is 0.445. The van der Waals surface area contributed by atoms with Gasteiger partial charge in [0.15, 0.2) is 11.5 Å². The molecule has 102 valence electrons. The molecule has 0 saturated heterocycles. The molecule has 6 nitrogen and oxygen atoms in total.